The number of nitrogens with zero attached hydrogens (tertiary/aromatic N) is 1. The highest BCUT2D eigenvalue weighted by Gasteiger charge is 2.39. The normalized spacial score (nSPS) is 28.9. The van der Waals surface area contributed by atoms with Crippen LogP contribution in [-0.4, -0.2) is 48.8 Å². The zero-order chi connectivity index (χ0) is 13.3. The van der Waals surface area contributed by atoms with Gasteiger partial charge in [0.25, 0.3) is 0 Å². The molecule has 2 unspecified atom stereocenters. The van der Waals surface area contributed by atoms with Crippen LogP contribution in [0.5, 0.6) is 0 Å². The van der Waals surface area contributed by atoms with Gasteiger partial charge in [-0.25, -0.2) is 8.42 Å². The monoisotopic (exact) mass is 280 g/mol. The van der Waals surface area contributed by atoms with Gasteiger partial charge < -0.3 is 10.5 Å². The van der Waals surface area contributed by atoms with Crippen LogP contribution >= 0.6 is 12.2 Å². The van der Waals surface area contributed by atoms with E-state index >= 15 is 0 Å². The number of piperidine rings is 1. The fourth-order valence-corrected chi connectivity index (χ4v) is 3.86. The van der Waals surface area contributed by atoms with Crippen molar-refractivity contribution in [2.24, 2.45) is 5.73 Å². The van der Waals surface area contributed by atoms with Crippen molar-refractivity contribution in [2.75, 3.05) is 20.2 Å². The summed E-state index contributed by atoms with van der Waals surface area (Å²) in [6.07, 6.45) is 1.64. The van der Waals surface area contributed by atoms with E-state index in [4.69, 9.17) is 22.7 Å². The van der Waals surface area contributed by atoms with E-state index in [0.717, 1.165) is 12.8 Å². The van der Waals surface area contributed by atoms with Gasteiger partial charge in [0.15, 0.2) is 0 Å². The molecule has 1 aliphatic heterocycles. The van der Waals surface area contributed by atoms with Gasteiger partial charge in [-0.1, -0.05) is 12.2 Å². The third-order valence-electron chi connectivity index (χ3n) is 3.32. The van der Waals surface area contributed by atoms with Gasteiger partial charge in [0, 0.05) is 20.2 Å². The van der Waals surface area contributed by atoms with Crippen molar-refractivity contribution in [3.05, 3.63) is 0 Å². The predicted octanol–water partition coefficient (Wildman–Crippen LogP) is 0.492. The average Bonchev–Trinajstić information content (AvgIpc) is 2.28. The van der Waals surface area contributed by atoms with Gasteiger partial charge >= 0.3 is 0 Å². The van der Waals surface area contributed by atoms with Gasteiger partial charge in [-0.3, -0.25) is 0 Å². The number of hydrogen-bond donors (Lipinski definition) is 1. The minimum absolute atomic E-state index is 0.00898. The molecular weight excluding hydrogens is 260 g/mol. The maximum atomic E-state index is 12.2. The first-order valence-corrected chi connectivity index (χ1v) is 7.47. The Morgan fingerprint density at radius 2 is 2.18 bits per heavy atom. The maximum Gasteiger partial charge on any atom is 0.223 e. The summed E-state index contributed by atoms with van der Waals surface area (Å²) < 4.78 is 31.3. The second-order valence-corrected chi connectivity index (χ2v) is 7.41. The summed E-state index contributed by atoms with van der Waals surface area (Å²) >= 11 is 4.76. The zero-order valence-electron chi connectivity index (χ0n) is 10.5. The molecule has 0 radical (unpaired) electrons. The molecule has 0 amide bonds. The summed E-state index contributed by atoms with van der Waals surface area (Å²) in [5.41, 5.74) is 5.01. The van der Waals surface area contributed by atoms with Crippen molar-refractivity contribution in [3.8, 4) is 0 Å². The van der Waals surface area contributed by atoms with Gasteiger partial charge in [0.05, 0.1) is 10.6 Å². The highest BCUT2D eigenvalue weighted by molar-refractivity contribution is 7.92. The Balaban J connectivity index is 2.90. The number of sulfonamides is 1. The van der Waals surface area contributed by atoms with E-state index in [0.29, 0.717) is 13.1 Å². The summed E-state index contributed by atoms with van der Waals surface area (Å²) in [5, 5.41) is -0.822. The minimum atomic E-state index is -3.46. The highest BCUT2D eigenvalue weighted by atomic mass is 32.2. The van der Waals surface area contributed by atoms with Gasteiger partial charge in [-0.05, 0) is 26.7 Å². The molecule has 1 saturated heterocycles. The Hall–Kier alpha value is -0.240. The van der Waals surface area contributed by atoms with E-state index < -0.39 is 20.9 Å². The molecule has 100 valence electrons. The first-order valence-electron chi connectivity index (χ1n) is 5.56. The Labute approximate surface area is 108 Å². The molecule has 0 aromatic rings. The molecule has 0 aliphatic carbocycles. The topological polar surface area (TPSA) is 72.6 Å². The Bertz CT molecular complexity index is 396. The smallest absolute Gasteiger partial charge is 0.223 e. The second kappa shape index (κ2) is 5.17. The molecule has 0 bridgehead atoms. The van der Waals surface area contributed by atoms with Crippen LogP contribution in [0, 0.1) is 0 Å². The third-order valence-corrected chi connectivity index (χ3v) is 6.01. The Morgan fingerprint density at radius 1 is 1.59 bits per heavy atom. The van der Waals surface area contributed by atoms with Crippen LogP contribution < -0.4 is 5.73 Å². The number of nitrogens with two attached hydrogens (primary N) is 1. The van der Waals surface area contributed by atoms with E-state index in [1.165, 1.54) is 11.2 Å². The van der Waals surface area contributed by atoms with Crippen LogP contribution in [0.1, 0.15) is 26.7 Å². The molecular formula is C10H20N2O3S2. The molecule has 17 heavy (non-hydrogen) atoms. The van der Waals surface area contributed by atoms with Gasteiger partial charge in [-0.15, -0.1) is 0 Å². The van der Waals surface area contributed by atoms with Crippen LogP contribution in [0.4, 0.5) is 0 Å². The number of methoxy groups -OCH3 is 1. The first-order chi connectivity index (χ1) is 7.73. The fourth-order valence-electron chi connectivity index (χ4n) is 1.91. The maximum absolute atomic E-state index is 12.2. The van der Waals surface area contributed by atoms with Gasteiger partial charge in [0.1, 0.15) is 5.25 Å². The van der Waals surface area contributed by atoms with Crippen molar-refractivity contribution >= 4 is 27.2 Å². The summed E-state index contributed by atoms with van der Waals surface area (Å²) in [7, 11) is -1.85. The molecule has 2 atom stereocenters. The lowest BCUT2D eigenvalue weighted by molar-refractivity contribution is -0.0319. The lowest BCUT2D eigenvalue weighted by atomic mass is 9.96. The molecule has 1 rings (SSSR count). The van der Waals surface area contributed by atoms with E-state index in [-0.39, 0.29) is 4.99 Å². The Morgan fingerprint density at radius 3 is 2.65 bits per heavy atom. The van der Waals surface area contributed by atoms with E-state index in [9.17, 15) is 8.42 Å². The molecule has 7 heteroatoms. The molecule has 5 nitrogen and oxygen atoms in total. The van der Waals surface area contributed by atoms with E-state index in [1.807, 2.05) is 6.92 Å². The van der Waals surface area contributed by atoms with Crippen LogP contribution in [0.25, 0.3) is 0 Å². The lowest BCUT2D eigenvalue weighted by Gasteiger charge is -2.39. The van der Waals surface area contributed by atoms with Crippen LogP contribution in [0.3, 0.4) is 0 Å². The molecule has 0 saturated carbocycles. The van der Waals surface area contributed by atoms with Crippen LogP contribution in [0.15, 0.2) is 0 Å². The SMILES string of the molecule is COC1(C)CCCN(S(=O)(=O)C(C)C(N)=S)C1. The van der Waals surface area contributed by atoms with Crippen molar-refractivity contribution in [3.63, 3.8) is 0 Å². The summed E-state index contributed by atoms with van der Waals surface area (Å²) in [5.74, 6) is 0. The summed E-state index contributed by atoms with van der Waals surface area (Å²) in [4.78, 5) is 0.00898. The fraction of sp³-hybridized carbons (Fsp3) is 0.900. The Kier molecular flexibility index (Phi) is 4.51. The average molecular weight is 280 g/mol. The van der Waals surface area contributed by atoms with Crippen molar-refractivity contribution in [2.45, 2.75) is 37.5 Å². The predicted molar refractivity (Wildman–Crippen MR) is 71.4 cm³/mol. The molecule has 0 aromatic carbocycles. The van der Waals surface area contributed by atoms with Crippen molar-refractivity contribution in [1.29, 1.82) is 0 Å². The molecule has 1 aliphatic rings. The molecule has 2 N–H and O–H groups in total. The molecule has 1 fully saturated rings. The summed E-state index contributed by atoms with van der Waals surface area (Å²) in [6.45, 7) is 4.31. The first kappa shape index (κ1) is 14.8. The van der Waals surface area contributed by atoms with E-state index in [1.54, 1.807) is 7.11 Å². The standard InChI is InChI=1S/C10H20N2O3S2/c1-8(9(11)16)17(13,14)12-6-4-5-10(2,7-12)15-3/h8H,4-7H2,1-3H3,(H2,11,16). The number of ether oxygens (including phenoxy) is 1. The van der Waals surface area contributed by atoms with Crippen LogP contribution in [0.2, 0.25) is 0 Å². The minimum Gasteiger partial charge on any atom is -0.392 e. The molecule has 1 heterocycles. The highest BCUT2D eigenvalue weighted by Crippen LogP contribution is 2.26. The van der Waals surface area contributed by atoms with Crippen molar-refractivity contribution in [1.82, 2.24) is 4.31 Å². The lowest BCUT2D eigenvalue weighted by Crippen LogP contribution is -2.53. The zero-order valence-corrected chi connectivity index (χ0v) is 12.1. The van der Waals surface area contributed by atoms with Gasteiger partial charge in [-0.2, -0.15) is 4.31 Å². The number of thiocarbonyl (C=S) groups is 1. The third kappa shape index (κ3) is 3.15. The van der Waals surface area contributed by atoms with Gasteiger partial charge in [0.2, 0.25) is 10.0 Å². The largest absolute Gasteiger partial charge is 0.392 e. The van der Waals surface area contributed by atoms with Crippen LogP contribution in [-0.2, 0) is 14.8 Å². The van der Waals surface area contributed by atoms with Crippen molar-refractivity contribution < 1.29 is 13.2 Å². The summed E-state index contributed by atoms with van der Waals surface area (Å²) in [6, 6.07) is 0. The number of rotatable bonds is 4. The molecule has 0 aromatic heterocycles. The van der Waals surface area contributed by atoms with E-state index in [2.05, 4.69) is 0 Å². The molecule has 0 spiro atoms. The number of hydrogen-bond acceptors (Lipinski definition) is 4. The quantitative estimate of drug-likeness (QED) is 0.759. The second-order valence-electron chi connectivity index (χ2n) is 4.68.